The Morgan fingerprint density at radius 3 is 2.96 bits per heavy atom. The van der Waals surface area contributed by atoms with Crippen molar-refractivity contribution in [2.24, 2.45) is 0 Å². The highest BCUT2D eigenvalue weighted by Crippen LogP contribution is 2.23. The summed E-state index contributed by atoms with van der Waals surface area (Å²) in [5.74, 6) is 1.32. The van der Waals surface area contributed by atoms with Crippen LogP contribution in [-0.4, -0.2) is 56.4 Å². The maximum Gasteiger partial charge on any atom is 0.223 e. The molecule has 3 rings (SSSR count). The molecule has 1 saturated heterocycles. The molecule has 2 N–H and O–H groups in total. The first-order valence-electron chi connectivity index (χ1n) is 8.45. The molecule has 3 heterocycles. The van der Waals surface area contributed by atoms with Gasteiger partial charge in [0.2, 0.25) is 5.91 Å². The van der Waals surface area contributed by atoms with Gasteiger partial charge in [-0.1, -0.05) is 0 Å². The average molecular weight is 344 g/mol. The fourth-order valence-electron chi connectivity index (χ4n) is 3.24. The molecule has 2 atom stereocenters. The van der Waals surface area contributed by atoms with E-state index in [4.69, 9.17) is 10.5 Å². The predicted octanol–water partition coefficient (Wildman–Crippen LogP) is 0.812. The van der Waals surface area contributed by atoms with E-state index in [1.807, 2.05) is 24.1 Å². The van der Waals surface area contributed by atoms with Crippen molar-refractivity contribution in [1.82, 2.24) is 24.6 Å². The molecule has 2 aromatic heterocycles. The van der Waals surface area contributed by atoms with Crippen LogP contribution in [0.2, 0.25) is 0 Å². The Bertz CT molecular complexity index is 731. The highest BCUT2D eigenvalue weighted by atomic mass is 16.5. The molecule has 2 aromatic rings. The van der Waals surface area contributed by atoms with Crippen LogP contribution in [0.15, 0.2) is 24.5 Å². The van der Waals surface area contributed by atoms with Crippen molar-refractivity contribution >= 4 is 11.7 Å². The lowest BCUT2D eigenvalue weighted by atomic mass is 10.1. The van der Waals surface area contributed by atoms with Crippen LogP contribution in [0.5, 0.6) is 0 Å². The number of ether oxygens (including phenoxy) is 1. The first-order valence-corrected chi connectivity index (χ1v) is 8.45. The minimum absolute atomic E-state index is 0.0585. The fraction of sp³-hybridized carbons (Fsp3) is 0.529. The van der Waals surface area contributed by atoms with E-state index in [0.29, 0.717) is 31.7 Å². The molecule has 1 aliphatic rings. The van der Waals surface area contributed by atoms with Gasteiger partial charge in [0.1, 0.15) is 11.6 Å². The van der Waals surface area contributed by atoms with Crippen LogP contribution in [0.3, 0.4) is 0 Å². The van der Waals surface area contributed by atoms with Crippen LogP contribution in [0.1, 0.15) is 24.4 Å². The second-order valence-electron chi connectivity index (χ2n) is 6.35. The highest BCUT2D eigenvalue weighted by molar-refractivity contribution is 5.77. The molecular weight excluding hydrogens is 320 g/mol. The molecule has 0 aromatic carbocycles. The van der Waals surface area contributed by atoms with E-state index in [0.717, 1.165) is 17.9 Å². The molecule has 134 valence electrons. The molecule has 8 heteroatoms. The number of anilines is 1. The lowest BCUT2D eigenvalue weighted by Crippen LogP contribution is -2.38. The number of likely N-dealkylation sites (tertiary alicyclic amines) is 1. The Labute approximate surface area is 147 Å². The second kappa shape index (κ2) is 7.60. The van der Waals surface area contributed by atoms with Crippen LogP contribution in [-0.2, 0) is 22.5 Å². The summed E-state index contributed by atoms with van der Waals surface area (Å²) in [6.45, 7) is 3.08. The Morgan fingerprint density at radius 2 is 2.28 bits per heavy atom. The lowest BCUT2D eigenvalue weighted by molar-refractivity contribution is -0.132. The van der Waals surface area contributed by atoms with Gasteiger partial charge in [0, 0.05) is 38.2 Å². The number of nitrogen functional groups attached to an aromatic ring is 1. The largest absolute Gasteiger partial charge is 0.382 e. The molecule has 1 fully saturated rings. The Morgan fingerprint density at radius 1 is 1.44 bits per heavy atom. The zero-order valence-electron chi connectivity index (χ0n) is 14.6. The summed E-state index contributed by atoms with van der Waals surface area (Å²) >= 11 is 0. The number of aromatic nitrogens is 4. The van der Waals surface area contributed by atoms with E-state index in [-0.39, 0.29) is 18.1 Å². The summed E-state index contributed by atoms with van der Waals surface area (Å²) in [4.78, 5) is 23.1. The number of nitrogens with zero attached hydrogens (tertiary/aromatic N) is 5. The zero-order valence-corrected chi connectivity index (χ0v) is 14.6. The predicted molar refractivity (Wildman–Crippen MR) is 92.6 cm³/mol. The van der Waals surface area contributed by atoms with Gasteiger partial charge in [-0.05, 0) is 31.9 Å². The van der Waals surface area contributed by atoms with Gasteiger partial charge in [-0.15, -0.1) is 0 Å². The van der Waals surface area contributed by atoms with Gasteiger partial charge in [0.05, 0.1) is 18.7 Å². The first kappa shape index (κ1) is 17.3. The first-order chi connectivity index (χ1) is 12.0. The molecule has 25 heavy (non-hydrogen) atoms. The number of carbonyl (C=O) groups is 1. The van der Waals surface area contributed by atoms with Crippen LogP contribution in [0, 0.1) is 6.92 Å². The van der Waals surface area contributed by atoms with E-state index in [9.17, 15) is 4.79 Å². The topological polar surface area (TPSA) is 99.2 Å². The highest BCUT2D eigenvalue weighted by Gasteiger charge is 2.35. The number of hydrogen-bond donors (Lipinski definition) is 1. The van der Waals surface area contributed by atoms with Gasteiger partial charge in [0.25, 0.3) is 0 Å². The van der Waals surface area contributed by atoms with Gasteiger partial charge in [-0.2, -0.15) is 5.10 Å². The maximum absolute atomic E-state index is 12.7. The van der Waals surface area contributed by atoms with Crippen LogP contribution < -0.4 is 5.73 Å². The summed E-state index contributed by atoms with van der Waals surface area (Å²) in [6.07, 6.45) is 5.45. The smallest absolute Gasteiger partial charge is 0.223 e. The molecule has 0 aliphatic carbocycles. The quantitative estimate of drug-likeness (QED) is 0.833. The Balaban J connectivity index is 1.63. The van der Waals surface area contributed by atoms with Crippen molar-refractivity contribution in [3.8, 4) is 0 Å². The number of aryl methyl sites for hydroxylation is 2. The van der Waals surface area contributed by atoms with E-state index in [1.54, 1.807) is 24.1 Å². The van der Waals surface area contributed by atoms with E-state index < -0.39 is 0 Å². The SMILES string of the molecule is CO[C@@H]1C[C@@H](Cn2ccc(N)n2)N(C(=O)CCc2ccnc(C)n2)C1. The molecule has 0 saturated carbocycles. The number of nitrogens with two attached hydrogens (primary N) is 1. The lowest BCUT2D eigenvalue weighted by Gasteiger charge is -2.24. The maximum atomic E-state index is 12.7. The van der Waals surface area contributed by atoms with E-state index >= 15 is 0 Å². The van der Waals surface area contributed by atoms with Crippen molar-refractivity contribution < 1.29 is 9.53 Å². The zero-order chi connectivity index (χ0) is 17.8. The molecule has 8 nitrogen and oxygen atoms in total. The number of carbonyl (C=O) groups excluding carboxylic acids is 1. The number of rotatable bonds is 6. The minimum Gasteiger partial charge on any atom is -0.382 e. The summed E-state index contributed by atoms with van der Waals surface area (Å²) in [6, 6.07) is 3.67. The summed E-state index contributed by atoms with van der Waals surface area (Å²) < 4.78 is 7.26. The van der Waals surface area contributed by atoms with Crippen molar-refractivity contribution in [3.05, 3.63) is 36.0 Å². The molecule has 0 radical (unpaired) electrons. The third kappa shape index (κ3) is 4.33. The normalized spacial score (nSPS) is 20.2. The van der Waals surface area contributed by atoms with Gasteiger partial charge in [0.15, 0.2) is 0 Å². The van der Waals surface area contributed by atoms with Crippen molar-refractivity contribution in [2.75, 3.05) is 19.4 Å². The molecule has 0 spiro atoms. The standard InChI is InChI=1S/C17H24N6O2/c1-12-19-7-5-13(20-12)3-4-17(24)23-11-15(25-2)9-14(23)10-22-8-6-16(18)21-22/h5-8,14-15H,3-4,9-11H2,1-2H3,(H2,18,21)/t14-,15+/m0/s1. The van der Waals surface area contributed by atoms with Crippen molar-refractivity contribution in [1.29, 1.82) is 0 Å². The second-order valence-corrected chi connectivity index (χ2v) is 6.35. The summed E-state index contributed by atoms with van der Waals surface area (Å²) in [5, 5.41) is 4.22. The van der Waals surface area contributed by atoms with Gasteiger partial charge in [-0.25, -0.2) is 9.97 Å². The molecular formula is C17H24N6O2. The van der Waals surface area contributed by atoms with Gasteiger partial charge >= 0.3 is 0 Å². The molecule has 1 amide bonds. The monoisotopic (exact) mass is 344 g/mol. The fourth-order valence-corrected chi connectivity index (χ4v) is 3.24. The van der Waals surface area contributed by atoms with Crippen molar-refractivity contribution in [3.63, 3.8) is 0 Å². The van der Waals surface area contributed by atoms with E-state index in [1.165, 1.54) is 0 Å². The minimum atomic E-state index is 0.0585. The third-order valence-corrected chi connectivity index (χ3v) is 4.52. The Hall–Kier alpha value is -2.48. The summed E-state index contributed by atoms with van der Waals surface area (Å²) in [7, 11) is 1.69. The van der Waals surface area contributed by atoms with E-state index in [2.05, 4.69) is 15.1 Å². The Kier molecular flexibility index (Phi) is 5.28. The van der Waals surface area contributed by atoms with Crippen LogP contribution in [0.4, 0.5) is 5.82 Å². The summed E-state index contributed by atoms with van der Waals surface area (Å²) in [5.41, 5.74) is 6.56. The van der Waals surface area contributed by atoms with Gasteiger partial charge < -0.3 is 15.4 Å². The van der Waals surface area contributed by atoms with Crippen LogP contribution in [0.25, 0.3) is 0 Å². The average Bonchev–Trinajstić information content (AvgIpc) is 3.19. The number of amides is 1. The van der Waals surface area contributed by atoms with Gasteiger partial charge in [-0.3, -0.25) is 9.48 Å². The van der Waals surface area contributed by atoms with Crippen LogP contribution >= 0.6 is 0 Å². The number of hydrogen-bond acceptors (Lipinski definition) is 6. The molecule has 0 unspecified atom stereocenters. The van der Waals surface area contributed by atoms with Crippen molar-refractivity contribution in [2.45, 2.75) is 44.9 Å². The molecule has 1 aliphatic heterocycles. The molecule has 0 bridgehead atoms. The third-order valence-electron chi connectivity index (χ3n) is 4.52. The number of methoxy groups -OCH3 is 1.